The Morgan fingerprint density at radius 3 is 1.96 bits per heavy atom. The van der Waals surface area contributed by atoms with Gasteiger partial charge in [0.05, 0.1) is 17.5 Å². The lowest BCUT2D eigenvalue weighted by Gasteiger charge is -2.28. The number of amides is 1. The van der Waals surface area contributed by atoms with E-state index in [0.29, 0.717) is 5.69 Å². The molecule has 0 aliphatic heterocycles. The summed E-state index contributed by atoms with van der Waals surface area (Å²) in [7, 11) is -3.79. The summed E-state index contributed by atoms with van der Waals surface area (Å²) in [5.41, 5.74) is 1.30. The zero-order valence-corrected chi connectivity index (χ0v) is 16.6. The highest BCUT2D eigenvalue weighted by Crippen LogP contribution is 2.30. The van der Waals surface area contributed by atoms with Crippen molar-refractivity contribution in [3.63, 3.8) is 0 Å². The van der Waals surface area contributed by atoms with E-state index in [1.807, 2.05) is 19.9 Å². The molecule has 0 heterocycles. The minimum Gasteiger partial charge on any atom is -0.324 e. The van der Waals surface area contributed by atoms with E-state index in [1.54, 1.807) is 12.1 Å². The maximum atomic E-state index is 12.6. The van der Waals surface area contributed by atoms with Gasteiger partial charge in [-0.05, 0) is 68.3 Å². The molecular weight excluding hydrogens is 393 g/mol. The molecular formula is C19H21F3N2O3S. The predicted molar refractivity (Wildman–Crippen MR) is 103 cm³/mol. The molecule has 1 N–H and O–H groups in total. The van der Waals surface area contributed by atoms with Gasteiger partial charge in [-0.25, -0.2) is 8.42 Å². The Balaban J connectivity index is 2.29. The summed E-state index contributed by atoms with van der Waals surface area (Å²) >= 11 is 0. The highest BCUT2D eigenvalue weighted by atomic mass is 32.2. The third-order valence-electron chi connectivity index (χ3n) is 4.03. The fourth-order valence-corrected chi connectivity index (χ4v) is 4.03. The third-order valence-corrected chi connectivity index (χ3v) is 5.27. The molecule has 1 atom stereocenters. The van der Waals surface area contributed by atoms with Gasteiger partial charge in [0, 0.05) is 5.69 Å². The van der Waals surface area contributed by atoms with E-state index < -0.39 is 33.7 Å². The first-order valence-corrected chi connectivity index (χ1v) is 10.2. The zero-order chi connectivity index (χ0) is 21.3. The number of alkyl halides is 3. The molecule has 0 aliphatic rings. The van der Waals surface area contributed by atoms with Gasteiger partial charge in [-0.2, -0.15) is 13.2 Å². The van der Waals surface area contributed by atoms with Crippen molar-refractivity contribution in [1.82, 2.24) is 0 Å². The molecule has 0 saturated heterocycles. The van der Waals surface area contributed by atoms with Gasteiger partial charge in [0.25, 0.3) is 0 Å². The van der Waals surface area contributed by atoms with Crippen LogP contribution in [0, 0.1) is 13.8 Å². The largest absolute Gasteiger partial charge is 0.416 e. The smallest absolute Gasteiger partial charge is 0.324 e. The van der Waals surface area contributed by atoms with Crippen LogP contribution in [0.25, 0.3) is 0 Å². The lowest BCUT2D eigenvalue weighted by Crippen LogP contribution is -2.45. The Bertz CT molecular complexity index is 951. The number of halogens is 3. The minimum atomic E-state index is -4.48. The van der Waals surface area contributed by atoms with E-state index in [2.05, 4.69) is 5.32 Å². The normalized spacial score (nSPS) is 13.1. The number of anilines is 2. The number of nitrogens with one attached hydrogen (secondary N) is 1. The second-order valence-electron chi connectivity index (χ2n) is 6.65. The number of rotatable bonds is 5. The van der Waals surface area contributed by atoms with Crippen molar-refractivity contribution in [3.05, 3.63) is 59.2 Å². The van der Waals surface area contributed by atoms with E-state index in [0.717, 1.165) is 46.0 Å². The average molecular weight is 414 g/mol. The molecule has 9 heteroatoms. The number of carbonyl (C=O) groups excluding carboxylic acids is 1. The number of hydrogen-bond acceptors (Lipinski definition) is 3. The van der Waals surface area contributed by atoms with Gasteiger partial charge in [0.2, 0.25) is 15.9 Å². The first kappa shape index (κ1) is 21.7. The number of hydrogen-bond donors (Lipinski definition) is 1. The van der Waals surface area contributed by atoms with Crippen LogP contribution in [0.15, 0.2) is 42.5 Å². The Kier molecular flexibility index (Phi) is 6.08. The van der Waals surface area contributed by atoms with E-state index in [-0.39, 0.29) is 5.69 Å². The van der Waals surface area contributed by atoms with Crippen molar-refractivity contribution < 1.29 is 26.4 Å². The van der Waals surface area contributed by atoms with Gasteiger partial charge in [0.1, 0.15) is 6.04 Å². The molecule has 0 unspecified atom stereocenters. The van der Waals surface area contributed by atoms with Crippen LogP contribution >= 0.6 is 0 Å². The quantitative estimate of drug-likeness (QED) is 0.801. The van der Waals surface area contributed by atoms with Gasteiger partial charge in [-0.1, -0.05) is 6.07 Å². The van der Waals surface area contributed by atoms with E-state index in [1.165, 1.54) is 6.92 Å². The molecule has 0 radical (unpaired) electrons. The highest BCUT2D eigenvalue weighted by molar-refractivity contribution is 7.92. The maximum Gasteiger partial charge on any atom is 0.416 e. The summed E-state index contributed by atoms with van der Waals surface area (Å²) < 4.78 is 63.6. The highest BCUT2D eigenvalue weighted by Gasteiger charge is 2.31. The zero-order valence-electron chi connectivity index (χ0n) is 15.8. The standard InChI is InChI=1S/C19H21F3N2O3S/c1-12-9-13(2)11-17(10-12)24(28(4,26)27)14(3)18(25)23-16-7-5-15(6-8-16)19(20,21)22/h5-11,14H,1-4H3,(H,23,25)/t14-/m1/s1. The monoisotopic (exact) mass is 414 g/mol. The second kappa shape index (κ2) is 7.83. The topological polar surface area (TPSA) is 66.5 Å². The predicted octanol–water partition coefficient (Wildman–Crippen LogP) is 4.12. The van der Waals surface area contributed by atoms with Crippen LogP contribution in [0.4, 0.5) is 24.5 Å². The van der Waals surface area contributed by atoms with Crippen molar-refractivity contribution >= 4 is 27.3 Å². The Hall–Kier alpha value is -2.55. The van der Waals surface area contributed by atoms with Crippen molar-refractivity contribution in [2.24, 2.45) is 0 Å². The number of carbonyl (C=O) groups is 1. The molecule has 5 nitrogen and oxygen atoms in total. The lowest BCUT2D eigenvalue weighted by molar-refractivity contribution is -0.137. The number of nitrogens with zero attached hydrogens (tertiary/aromatic N) is 1. The second-order valence-corrected chi connectivity index (χ2v) is 8.50. The van der Waals surface area contributed by atoms with Crippen LogP contribution in [-0.2, 0) is 21.0 Å². The van der Waals surface area contributed by atoms with Crippen LogP contribution in [0.1, 0.15) is 23.6 Å². The lowest BCUT2D eigenvalue weighted by atomic mass is 10.1. The first-order valence-electron chi connectivity index (χ1n) is 8.35. The van der Waals surface area contributed by atoms with Crippen LogP contribution in [0.5, 0.6) is 0 Å². The van der Waals surface area contributed by atoms with Gasteiger partial charge >= 0.3 is 6.18 Å². The summed E-state index contributed by atoms with van der Waals surface area (Å²) in [4.78, 5) is 12.6. The minimum absolute atomic E-state index is 0.138. The molecule has 152 valence electrons. The molecule has 0 fully saturated rings. The molecule has 2 aromatic carbocycles. The van der Waals surface area contributed by atoms with Gasteiger partial charge in [0.15, 0.2) is 0 Å². The molecule has 28 heavy (non-hydrogen) atoms. The Morgan fingerprint density at radius 1 is 1.04 bits per heavy atom. The van der Waals surface area contributed by atoms with Gasteiger partial charge in [-0.15, -0.1) is 0 Å². The number of benzene rings is 2. The summed E-state index contributed by atoms with van der Waals surface area (Å²) in [6.07, 6.45) is -3.49. The molecule has 1 amide bonds. The third kappa shape index (κ3) is 5.25. The van der Waals surface area contributed by atoms with E-state index in [9.17, 15) is 26.4 Å². The fraction of sp³-hybridized carbons (Fsp3) is 0.316. The van der Waals surface area contributed by atoms with Gasteiger partial charge < -0.3 is 5.32 Å². The Labute approximate surface area is 162 Å². The van der Waals surface area contributed by atoms with Crippen molar-refractivity contribution in [2.75, 3.05) is 15.9 Å². The van der Waals surface area contributed by atoms with E-state index in [4.69, 9.17) is 0 Å². The van der Waals surface area contributed by atoms with Crippen molar-refractivity contribution in [2.45, 2.75) is 33.0 Å². The fourth-order valence-electron chi connectivity index (χ4n) is 2.88. The molecule has 0 spiro atoms. The summed E-state index contributed by atoms with van der Waals surface area (Å²) in [6, 6.07) is 7.99. The average Bonchev–Trinajstić information content (AvgIpc) is 2.52. The maximum absolute atomic E-state index is 12.6. The molecule has 2 rings (SSSR count). The van der Waals surface area contributed by atoms with Crippen molar-refractivity contribution in [3.8, 4) is 0 Å². The SMILES string of the molecule is Cc1cc(C)cc(N([C@H](C)C(=O)Nc2ccc(C(F)(F)F)cc2)S(C)(=O)=O)c1. The van der Waals surface area contributed by atoms with Gasteiger partial charge in [-0.3, -0.25) is 9.10 Å². The summed E-state index contributed by atoms with van der Waals surface area (Å²) in [5, 5.41) is 2.46. The molecule has 0 aromatic heterocycles. The van der Waals surface area contributed by atoms with Crippen molar-refractivity contribution in [1.29, 1.82) is 0 Å². The summed E-state index contributed by atoms with van der Waals surface area (Å²) in [5.74, 6) is -0.663. The summed E-state index contributed by atoms with van der Waals surface area (Å²) in [6.45, 7) is 5.03. The van der Waals surface area contributed by atoms with Crippen LogP contribution < -0.4 is 9.62 Å². The first-order chi connectivity index (χ1) is 12.8. The molecule has 0 bridgehead atoms. The molecule has 0 saturated carbocycles. The van der Waals surface area contributed by atoms with Crippen LogP contribution in [0.3, 0.4) is 0 Å². The molecule has 0 aliphatic carbocycles. The van der Waals surface area contributed by atoms with Crippen LogP contribution in [0.2, 0.25) is 0 Å². The Morgan fingerprint density at radius 2 is 1.54 bits per heavy atom. The van der Waals surface area contributed by atoms with E-state index >= 15 is 0 Å². The number of aryl methyl sites for hydroxylation is 2. The molecule has 2 aromatic rings. The number of sulfonamides is 1. The van der Waals surface area contributed by atoms with Crippen LogP contribution in [-0.4, -0.2) is 26.6 Å².